The summed E-state index contributed by atoms with van der Waals surface area (Å²) in [6.07, 6.45) is 2.41. The fraction of sp³-hybridized carbons (Fsp3) is 0.909. The topological polar surface area (TPSA) is 52.6 Å². The molecule has 1 fully saturated rings. The third kappa shape index (κ3) is 3.18. The summed E-state index contributed by atoms with van der Waals surface area (Å²) < 4.78 is 0. The van der Waals surface area contributed by atoms with E-state index in [2.05, 4.69) is 17.1 Å². The van der Waals surface area contributed by atoms with Gasteiger partial charge < -0.3 is 10.4 Å². The van der Waals surface area contributed by atoms with E-state index in [1.807, 2.05) is 0 Å². The van der Waals surface area contributed by atoms with Crippen molar-refractivity contribution in [2.24, 2.45) is 0 Å². The lowest BCUT2D eigenvalue weighted by atomic mass is 10.1. The first-order valence-electron chi connectivity index (χ1n) is 5.70. The van der Waals surface area contributed by atoms with E-state index in [1.54, 1.807) is 13.8 Å². The summed E-state index contributed by atoms with van der Waals surface area (Å²) in [5.74, 6) is -0.788. The van der Waals surface area contributed by atoms with Crippen LogP contribution in [0.15, 0.2) is 0 Å². The van der Waals surface area contributed by atoms with Crippen LogP contribution in [0.3, 0.4) is 0 Å². The molecule has 0 aromatic carbocycles. The molecule has 0 aromatic heterocycles. The number of nitrogens with one attached hydrogen (secondary N) is 1. The van der Waals surface area contributed by atoms with Gasteiger partial charge in [0.1, 0.15) is 5.54 Å². The maximum absolute atomic E-state index is 10.9. The highest BCUT2D eigenvalue weighted by Gasteiger charge is 2.29. The predicted molar refractivity (Wildman–Crippen MR) is 60.0 cm³/mol. The maximum atomic E-state index is 10.9. The Morgan fingerprint density at radius 3 is 2.80 bits per heavy atom. The average molecular weight is 214 g/mol. The van der Waals surface area contributed by atoms with Gasteiger partial charge in [-0.3, -0.25) is 9.69 Å². The van der Waals surface area contributed by atoms with Gasteiger partial charge in [0.2, 0.25) is 0 Å². The number of hydrogen-bond donors (Lipinski definition) is 2. The van der Waals surface area contributed by atoms with E-state index in [4.69, 9.17) is 5.11 Å². The van der Waals surface area contributed by atoms with Gasteiger partial charge in [0.05, 0.1) is 0 Å². The van der Waals surface area contributed by atoms with Crippen molar-refractivity contribution in [2.45, 2.75) is 45.2 Å². The van der Waals surface area contributed by atoms with E-state index in [0.29, 0.717) is 6.04 Å². The highest BCUT2D eigenvalue weighted by Crippen LogP contribution is 2.16. The number of carboxylic acids is 1. The van der Waals surface area contributed by atoms with E-state index in [1.165, 1.54) is 12.8 Å². The SMILES string of the molecule is CCN1CCCC1CNC(C)(C)C(=O)O. The van der Waals surface area contributed by atoms with Crippen molar-refractivity contribution >= 4 is 5.97 Å². The monoisotopic (exact) mass is 214 g/mol. The summed E-state index contributed by atoms with van der Waals surface area (Å²) in [5, 5.41) is 12.1. The van der Waals surface area contributed by atoms with Gasteiger partial charge in [-0.2, -0.15) is 0 Å². The average Bonchev–Trinajstić information content (AvgIpc) is 2.61. The van der Waals surface area contributed by atoms with Crippen LogP contribution in [0, 0.1) is 0 Å². The predicted octanol–water partition coefficient (Wildman–Crippen LogP) is 0.923. The van der Waals surface area contributed by atoms with Crippen LogP contribution >= 0.6 is 0 Å². The number of hydrogen-bond acceptors (Lipinski definition) is 3. The number of likely N-dealkylation sites (N-methyl/N-ethyl adjacent to an activating group) is 1. The van der Waals surface area contributed by atoms with Gasteiger partial charge in [0, 0.05) is 12.6 Å². The molecule has 0 aliphatic carbocycles. The molecule has 1 heterocycles. The Morgan fingerprint density at radius 1 is 1.60 bits per heavy atom. The van der Waals surface area contributed by atoms with E-state index in [-0.39, 0.29) is 0 Å². The van der Waals surface area contributed by atoms with E-state index in [0.717, 1.165) is 19.6 Å². The fourth-order valence-corrected chi connectivity index (χ4v) is 1.99. The number of rotatable bonds is 5. The molecule has 88 valence electrons. The molecule has 1 atom stereocenters. The largest absolute Gasteiger partial charge is 0.480 e. The second-order valence-corrected chi connectivity index (χ2v) is 4.74. The second kappa shape index (κ2) is 4.94. The van der Waals surface area contributed by atoms with Crippen LogP contribution < -0.4 is 5.32 Å². The molecular weight excluding hydrogens is 192 g/mol. The Hall–Kier alpha value is -0.610. The number of likely N-dealkylation sites (tertiary alicyclic amines) is 1. The molecule has 4 heteroatoms. The molecule has 0 amide bonds. The second-order valence-electron chi connectivity index (χ2n) is 4.74. The zero-order valence-electron chi connectivity index (χ0n) is 9.92. The van der Waals surface area contributed by atoms with Gasteiger partial charge in [0.15, 0.2) is 0 Å². The zero-order chi connectivity index (χ0) is 11.5. The van der Waals surface area contributed by atoms with Gasteiger partial charge in [-0.15, -0.1) is 0 Å². The first-order valence-corrected chi connectivity index (χ1v) is 5.70. The standard InChI is InChI=1S/C11H22N2O2/c1-4-13-7-5-6-9(13)8-12-11(2,3)10(14)15/h9,12H,4-8H2,1-3H3,(H,14,15). The summed E-state index contributed by atoms with van der Waals surface area (Å²) in [7, 11) is 0. The van der Waals surface area contributed by atoms with Crippen molar-refractivity contribution in [3.05, 3.63) is 0 Å². The highest BCUT2D eigenvalue weighted by molar-refractivity contribution is 5.77. The first kappa shape index (κ1) is 12.5. The zero-order valence-corrected chi connectivity index (χ0v) is 9.92. The smallest absolute Gasteiger partial charge is 0.323 e. The molecular formula is C11H22N2O2. The Morgan fingerprint density at radius 2 is 2.27 bits per heavy atom. The Bertz CT molecular complexity index is 229. The number of carbonyl (C=O) groups is 1. The Kier molecular flexibility index (Phi) is 4.11. The van der Waals surface area contributed by atoms with E-state index in [9.17, 15) is 4.79 Å². The summed E-state index contributed by atoms with van der Waals surface area (Å²) in [5.41, 5.74) is -0.817. The molecule has 1 rings (SSSR count). The van der Waals surface area contributed by atoms with Gasteiger partial charge in [-0.25, -0.2) is 0 Å². The summed E-state index contributed by atoms with van der Waals surface area (Å²) in [4.78, 5) is 13.3. The van der Waals surface area contributed by atoms with E-state index < -0.39 is 11.5 Å². The van der Waals surface area contributed by atoms with Crippen molar-refractivity contribution < 1.29 is 9.90 Å². The minimum atomic E-state index is -0.817. The third-order valence-electron chi connectivity index (χ3n) is 3.22. The molecule has 4 nitrogen and oxygen atoms in total. The normalized spacial score (nSPS) is 23.3. The number of aliphatic carboxylic acids is 1. The van der Waals surface area contributed by atoms with Gasteiger partial charge >= 0.3 is 5.97 Å². The van der Waals surface area contributed by atoms with Crippen LogP contribution in [0.5, 0.6) is 0 Å². The molecule has 0 aromatic rings. The molecule has 0 bridgehead atoms. The lowest BCUT2D eigenvalue weighted by Gasteiger charge is -2.28. The summed E-state index contributed by atoms with van der Waals surface area (Å²) in [6.45, 7) is 8.55. The van der Waals surface area contributed by atoms with Crippen LogP contribution in [-0.2, 0) is 4.79 Å². The van der Waals surface area contributed by atoms with Gasteiger partial charge in [0.25, 0.3) is 0 Å². The Labute approximate surface area is 91.6 Å². The van der Waals surface area contributed by atoms with Crippen molar-refractivity contribution in [2.75, 3.05) is 19.6 Å². The molecule has 1 unspecified atom stereocenters. The number of carboxylic acid groups (broad SMARTS) is 1. The first-order chi connectivity index (χ1) is 6.97. The molecule has 0 saturated carbocycles. The molecule has 2 N–H and O–H groups in total. The molecule has 1 aliphatic heterocycles. The highest BCUT2D eigenvalue weighted by atomic mass is 16.4. The lowest BCUT2D eigenvalue weighted by molar-refractivity contribution is -0.143. The van der Waals surface area contributed by atoms with Gasteiger partial charge in [-0.05, 0) is 39.8 Å². The summed E-state index contributed by atoms with van der Waals surface area (Å²) in [6, 6.07) is 0.508. The molecule has 0 spiro atoms. The van der Waals surface area contributed by atoms with Crippen molar-refractivity contribution in [3.63, 3.8) is 0 Å². The maximum Gasteiger partial charge on any atom is 0.323 e. The molecule has 0 radical (unpaired) electrons. The third-order valence-corrected chi connectivity index (χ3v) is 3.22. The van der Waals surface area contributed by atoms with Crippen LogP contribution in [0.25, 0.3) is 0 Å². The quantitative estimate of drug-likeness (QED) is 0.714. The Balaban J connectivity index is 2.39. The molecule has 15 heavy (non-hydrogen) atoms. The van der Waals surface area contributed by atoms with E-state index >= 15 is 0 Å². The number of nitrogens with zero attached hydrogens (tertiary/aromatic N) is 1. The van der Waals surface area contributed by atoms with Crippen LogP contribution in [0.4, 0.5) is 0 Å². The van der Waals surface area contributed by atoms with Crippen molar-refractivity contribution in [1.29, 1.82) is 0 Å². The minimum absolute atomic E-state index is 0.508. The van der Waals surface area contributed by atoms with Crippen LogP contribution in [0.2, 0.25) is 0 Å². The molecule has 1 aliphatic rings. The molecule has 1 saturated heterocycles. The van der Waals surface area contributed by atoms with Crippen molar-refractivity contribution in [1.82, 2.24) is 10.2 Å². The van der Waals surface area contributed by atoms with Crippen LogP contribution in [0.1, 0.15) is 33.6 Å². The minimum Gasteiger partial charge on any atom is -0.480 e. The lowest BCUT2D eigenvalue weighted by Crippen LogP contribution is -2.51. The van der Waals surface area contributed by atoms with Crippen molar-refractivity contribution in [3.8, 4) is 0 Å². The summed E-state index contributed by atoms with van der Waals surface area (Å²) >= 11 is 0. The van der Waals surface area contributed by atoms with Gasteiger partial charge in [-0.1, -0.05) is 6.92 Å². The van der Waals surface area contributed by atoms with Crippen LogP contribution in [-0.4, -0.2) is 47.2 Å². The fourth-order valence-electron chi connectivity index (χ4n) is 1.99.